The number of nitrogens with zero attached hydrogens (tertiary/aromatic N) is 2. The number of para-hydroxylation sites is 1. The normalized spacial score (nSPS) is 14.0. The van der Waals surface area contributed by atoms with Crippen molar-refractivity contribution in [2.24, 2.45) is 0 Å². The van der Waals surface area contributed by atoms with Crippen LogP contribution in [-0.2, 0) is 17.8 Å². The third-order valence-corrected chi connectivity index (χ3v) is 4.92. The molecule has 1 amide bonds. The number of amides is 1. The standard InChI is InChI=1S/C22H22N2O/c1-17(25)23-14-8-13-21-19(16-23)15-22(18-9-4-2-5-10-18)24(21)20-11-6-3-7-12-20/h2-7,9-12,15H,8,13-14,16H2,1H3. The molecule has 2 aromatic carbocycles. The number of aromatic nitrogens is 1. The SMILES string of the molecule is CC(=O)N1CCCc2c(cc(-c3ccccc3)n2-c2ccccc2)C1. The first-order valence-electron chi connectivity index (χ1n) is 8.84. The second-order valence-electron chi connectivity index (χ2n) is 6.58. The van der Waals surface area contributed by atoms with Gasteiger partial charge >= 0.3 is 0 Å². The van der Waals surface area contributed by atoms with Crippen LogP contribution in [0, 0.1) is 0 Å². The van der Waals surface area contributed by atoms with E-state index in [0.717, 1.165) is 19.4 Å². The molecule has 0 spiro atoms. The smallest absolute Gasteiger partial charge is 0.219 e. The Kier molecular flexibility index (Phi) is 4.14. The van der Waals surface area contributed by atoms with E-state index >= 15 is 0 Å². The van der Waals surface area contributed by atoms with Crippen LogP contribution < -0.4 is 0 Å². The molecule has 0 fully saturated rings. The minimum atomic E-state index is 0.154. The summed E-state index contributed by atoms with van der Waals surface area (Å²) in [6.07, 6.45) is 1.98. The third kappa shape index (κ3) is 2.98. The summed E-state index contributed by atoms with van der Waals surface area (Å²) < 4.78 is 2.37. The van der Waals surface area contributed by atoms with Gasteiger partial charge in [-0.15, -0.1) is 0 Å². The Morgan fingerprint density at radius 2 is 1.64 bits per heavy atom. The average Bonchev–Trinajstić information content (AvgIpc) is 2.87. The first-order chi connectivity index (χ1) is 12.2. The van der Waals surface area contributed by atoms with Crippen molar-refractivity contribution in [3.05, 3.63) is 78.0 Å². The number of carbonyl (C=O) groups is 1. The summed E-state index contributed by atoms with van der Waals surface area (Å²) in [5.41, 5.74) is 6.17. The fraction of sp³-hybridized carbons (Fsp3) is 0.227. The molecule has 0 saturated carbocycles. The van der Waals surface area contributed by atoms with Gasteiger partial charge in [-0.2, -0.15) is 0 Å². The monoisotopic (exact) mass is 330 g/mol. The number of hydrogen-bond acceptors (Lipinski definition) is 1. The van der Waals surface area contributed by atoms with E-state index in [1.807, 2.05) is 17.0 Å². The molecule has 0 atom stereocenters. The summed E-state index contributed by atoms with van der Waals surface area (Å²) in [4.78, 5) is 13.9. The highest BCUT2D eigenvalue weighted by molar-refractivity contribution is 5.74. The molecular formula is C22H22N2O. The van der Waals surface area contributed by atoms with E-state index in [1.165, 1.54) is 28.2 Å². The van der Waals surface area contributed by atoms with Gasteiger partial charge in [0, 0.05) is 31.4 Å². The van der Waals surface area contributed by atoms with Crippen molar-refractivity contribution in [1.82, 2.24) is 9.47 Å². The zero-order chi connectivity index (χ0) is 17.2. The van der Waals surface area contributed by atoms with Gasteiger partial charge in [0.05, 0.1) is 5.69 Å². The summed E-state index contributed by atoms with van der Waals surface area (Å²) in [6, 6.07) is 23.3. The molecular weight excluding hydrogens is 308 g/mol. The first kappa shape index (κ1) is 15.7. The molecule has 0 aliphatic carbocycles. The number of carbonyl (C=O) groups excluding carboxylic acids is 1. The van der Waals surface area contributed by atoms with Crippen LogP contribution in [0.4, 0.5) is 0 Å². The first-order valence-corrected chi connectivity index (χ1v) is 8.84. The maximum absolute atomic E-state index is 11.9. The summed E-state index contributed by atoms with van der Waals surface area (Å²) in [5.74, 6) is 0.154. The molecule has 3 nitrogen and oxygen atoms in total. The Bertz CT molecular complexity index is 881. The second kappa shape index (κ2) is 6.60. The van der Waals surface area contributed by atoms with Crippen LogP contribution in [0.5, 0.6) is 0 Å². The Labute approximate surface area is 148 Å². The topological polar surface area (TPSA) is 25.2 Å². The maximum atomic E-state index is 11.9. The van der Waals surface area contributed by atoms with Gasteiger partial charge in [-0.1, -0.05) is 48.5 Å². The Morgan fingerprint density at radius 3 is 2.32 bits per heavy atom. The molecule has 1 aliphatic heterocycles. The van der Waals surface area contributed by atoms with Gasteiger partial charge < -0.3 is 9.47 Å². The van der Waals surface area contributed by atoms with E-state index in [1.54, 1.807) is 6.92 Å². The lowest BCUT2D eigenvalue weighted by Crippen LogP contribution is -2.27. The predicted octanol–water partition coefficient (Wildman–Crippen LogP) is 4.44. The predicted molar refractivity (Wildman–Crippen MR) is 101 cm³/mol. The Hall–Kier alpha value is -2.81. The van der Waals surface area contributed by atoms with E-state index in [4.69, 9.17) is 0 Å². The van der Waals surface area contributed by atoms with Gasteiger partial charge in [0.25, 0.3) is 0 Å². The van der Waals surface area contributed by atoms with Crippen LogP contribution in [-0.4, -0.2) is 21.9 Å². The number of hydrogen-bond donors (Lipinski definition) is 0. The number of rotatable bonds is 2. The van der Waals surface area contributed by atoms with Gasteiger partial charge in [-0.05, 0) is 42.2 Å². The zero-order valence-corrected chi connectivity index (χ0v) is 14.5. The average molecular weight is 330 g/mol. The van der Waals surface area contributed by atoms with Crippen molar-refractivity contribution in [2.75, 3.05) is 6.54 Å². The molecule has 0 radical (unpaired) electrons. The van der Waals surface area contributed by atoms with Crippen molar-refractivity contribution < 1.29 is 4.79 Å². The van der Waals surface area contributed by atoms with Crippen molar-refractivity contribution >= 4 is 5.91 Å². The van der Waals surface area contributed by atoms with E-state index in [9.17, 15) is 4.79 Å². The molecule has 4 rings (SSSR count). The quantitative estimate of drug-likeness (QED) is 0.682. The molecule has 3 heteroatoms. The van der Waals surface area contributed by atoms with Crippen molar-refractivity contribution in [3.63, 3.8) is 0 Å². The van der Waals surface area contributed by atoms with E-state index in [-0.39, 0.29) is 5.91 Å². The molecule has 25 heavy (non-hydrogen) atoms. The van der Waals surface area contributed by atoms with Crippen LogP contribution in [0.15, 0.2) is 66.7 Å². The van der Waals surface area contributed by atoms with E-state index in [0.29, 0.717) is 6.54 Å². The molecule has 1 aliphatic rings. The van der Waals surface area contributed by atoms with Gasteiger partial charge in [0.2, 0.25) is 5.91 Å². The molecule has 3 aromatic rings. The van der Waals surface area contributed by atoms with E-state index in [2.05, 4.69) is 59.2 Å². The molecule has 0 bridgehead atoms. The highest BCUT2D eigenvalue weighted by Crippen LogP contribution is 2.32. The molecule has 0 N–H and O–H groups in total. The number of benzene rings is 2. The van der Waals surface area contributed by atoms with Crippen LogP contribution >= 0.6 is 0 Å². The summed E-state index contributed by atoms with van der Waals surface area (Å²) >= 11 is 0. The van der Waals surface area contributed by atoms with Crippen molar-refractivity contribution in [2.45, 2.75) is 26.3 Å². The van der Waals surface area contributed by atoms with E-state index < -0.39 is 0 Å². The maximum Gasteiger partial charge on any atom is 0.219 e. The Morgan fingerprint density at radius 1 is 0.960 bits per heavy atom. The minimum absolute atomic E-state index is 0.154. The lowest BCUT2D eigenvalue weighted by molar-refractivity contribution is -0.129. The molecule has 2 heterocycles. The molecule has 1 aromatic heterocycles. The minimum Gasteiger partial charge on any atom is -0.339 e. The van der Waals surface area contributed by atoms with Crippen molar-refractivity contribution in [1.29, 1.82) is 0 Å². The van der Waals surface area contributed by atoms with Gasteiger partial charge in [0.1, 0.15) is 0 Å². The van der Waals surface area contributed by atoms with Crippen LogP contribution in [0.3, 0.4) is 0 Å². The highest BCUT2D eigenvalue weighted by atomic mass is 16.2. The summed E-state index contributed by atoms with van der Waals surface area (Å²) in [6.45, 7) is 3.20. The van der Waals surface area contributed by atoms with Gasteiger partial charge in [-0.3, -0.25) is 4.79 Å². The summed E-state index contributed by atoms with van der Waals surface area (Å²) in [5, 5.41) is 0. The van der Waals surface area contributed by atoms with Crippen LogP contribution in [0.1, 0.15) is 24.6 Å². The van der Waals surface area contributed by atoms with Crippen LogP contribution in [0.2, 0.25) is 0 Å². The Balaban J connectivity index is 1.90. The largest absolute Gasteiger partial charge is 0.339 e. The van der Waals surface area contributed by atoms with Gasteiger partial charge in [-0.25, -0.2) is 0 Å². The molecule has 0 saturated heterocycles. The zero-order valence-electron chi connectivity index (χ0n) is 14.5. The van der Waals surface area contributed by atoms with Gasteiger partial charge in [0.15, 0.2) is 0 Å². The lowest BCUT2D eigenvalue weighted by Gasteiger charge is -2.17. The fourth-order valence-corrected chi connectivity index (χ4v) is 3.70. The second-order valence-corrected chi connectivity index (χ2v) is 6.58. The molecule has 126 valence electrons. The third-order valence-electron chi connectivity index (χ3n) is 4.92. The molecule has 0 unspecified atom stereocenters. The van der Waals surface area contributed by atoms with Crippen molar-refractivity contribution in [3.8, 4) is 16.9 Å². The summed E-state index contributed by atoms with van der Waals surface area (Å²) in [7, 11) is 0. The number of fused-ring (bicyclic) bond motifs is 1. The lowest BCUT2D eigenvalue weighted by atomic mass is 10.1. The fourth-order valence-electron chi connectivity index (χ4n) is 3.70. The highest BCUT2D eigenvalue weighted by Gasteiger charge is 2.23. The van der Waals surface area contributed by atoms with Crippen LogP contribution in [0.25, 0.3) is 16.9 Å².